The van der Waals surface area contributed by atoms with Crippen molar-refractivity contribution >= 4 is 57.1 Å². The molecule has 0 radical (unpaired) electrons. The van der Waals surface area contributed by atoms with Gasteiger partial charge in [-0.3, -0.25) is 5.84 Å². The van der Waals surface area contributed by atoms with E-state index in [-0.39, 0.29) is 6.04 Å². The van der Waals surface area contributed by atoms with E-state index in [4.69, 9.17) is 45.1 Å². The van der Waals surface area contributed by atoms with Crippen LogP contribution in [0.2, 0.25) is 13.7 Å². The Morgan fingerprint density at radius 3 is 2.60 bits per heavy atom. The van der Waals surface area contributed by atoms with E-state index >= 15 is 0 Å². The van der Waals surface area contributed by atoms with E-state index in [2.05, 4.69) is 5.43 Å². The lowest BCUT2D eigenvalue weighted by molar-refractivity contribution is 0.478. The van der Waals surface area contributed by atoms with Gasteiger partial charge >= 0.3 is 0 Å². The Balaban J connectivity index is 2.09. The molecule has 1 aromatic carbocycles. The van der Waals surface area contributed by atoms with E-state index < -0.39 is 0 Å². The van der Waals surface area contributed by atoms with Crippen LogP contribution in [-0.2, 0) is 0 Å². The molecule has 0 aliphatic rings. The van der Waals surface area contributed by atoms with Gasteiger partial charge in [-0.05, 0) is 30.3 Å². The van der Waals surface area contributed by atoms with Crippen molar-refractivity contribution in [1.82, 2.24) is 5.43 Å². The van der Waals surface area contributed by atoms with Crippen LogP contribution in [-0.4, -0.2) is 0 Å². The van der Waals surface area contributed by atoms with Crippen molar-refractivity contribution in [2.75, 3.05) is 0 Å². The van der Waals surface area contributed by atoms with Crippen LogP contribution < -0.4 is 11.3 Å². The number of benzene rings is 1. The molecule has 2 aromatic heterocycles. The molecule has 1 atom stereocenters. The van der Waals surface area contributed by atoms with Gasteiger partial charge in [-0.25, -0.2) is 5.43 Å². The van der Waals surface area contributed by atoms with Gasteiger partial charge in [-0.15, -0.1) is 11.3 Å². The third-order valence-corrected chi connectivity index (χ3v) is 4.70. The van der Waals surface area contributed by atoms with Crippen molar-refractivity contribution in [3.8, 4) is 0 Å². The summed E-state index contributed by atoms with van der Waals surface area (Å²) in [4.78, 5) is 0. The minimum atomic E-state index is -0.363. The number of nitrogens with two attached hydrogens (primary N) is 1. The van der Waals surface area contributed by atoms with Crippen molar-refractivity contribution in [3.05, 3.63) is 55.4 Å². The minimum absolute atomic E-state index is 0.363. The molecule has 0 aliphatic carbocycles. The molecule has 0 amide bonds. The Labute approximate surface area is 134 Å². The molecule has 104 valence electrons. The summed E-state index contributed by atoms with van der Waals surface area (Å²) in [6.45, 7) is 0. The summed E-state index contributed by atoms with van der Waals surface area (Å²) in [5.74, 6) is 6.29. The number of furan rings is 1. The zero-order valence-corrected chi connectivity index (χ0v) is 13.1. The number of hydrazine groups is 1. The van der Waals surface area contributed by atoms with Crippen LogP contribution in [0.15, 0.2) is 34.7 Å². The molecule has 0 aliphatic heterocycles. The molecule has 0 spiro atoms. The zero-order valence-electron chi connectivity index (χ0n) is 9.99. The Kier molecular flexibility index (Phi) is 3.95. The van der Waals surface area contributed by atoms with Gasteiger partial charge in [0.05, 0.1) is 8.67 Å². The molecule has 3 N–H and O–H groups in total. The number of hydrogen-bond acceptors (Lipinski definition) is 4. The maximum atomic E-state index is 6.17. The molecule has 0 fully saturated rings. The van der Waals surface area contributed by atoms with Crippen molar-refractivity contribution in [3.63, 3.8) is 0 Å². The number of fused-ring (bicyclic) bond motifs is 1. The van der Waals surface area contributed by atoms with Gasteiger partial charge in [0.2, 0.25) is 0 Å². The van der Waals surface area contributed by atoms with Crippen molar-refractivity contribution in [2.45, 2.75) is 6.04 Å². The van der Waals surface area contributed by atoms with Gasteiger partial charge < -0.3 is 4.42 Å². The quantitative estimate of drug-likeness (QED) is 0.517. The van der Waals surface area contributed by atoms with Crippen LogP contribution in [0.5, 0.6) is 0 Å². The van der Waals surface area contributed by atoms with Gasteiger partial charge in [0, 0.05) is 16.0 Å². The van der Waals surface area contributed by atoms with E-state index in [0.29, 0.717) is 19.5 Å². The maximum absolute atomic E-state index is 6.17. The van der Waals surface area contributed by atoms with Crippen LogP contribution in [0.4, 0.5) is 0 Å². The van der Waals surface area contributed by atoms with Gasteiger partial charge in [-0.1, -0.05) is 34.8 Å². The van der Waals surface area contributed by atoms with E-state index in [1.165, 1.54) is 11.3 Å². The summed E-state index contributed by atoms with van der Waals surface area (Å²) < 4.78 is 6.98. The smallest absolute Gasteiger partial charge is 0.134 e. The Morgan fingerprint density at radius 1 is 1.15 bits per heavy atom. The summed E-state index contributed by atoms with van der Waals surface area (Å²) in [6.07, 6.45) is 0. The van der Waals surface area contributed by atoms with Crippen molar-refractivity contribution < 1.29 is 4.42 Å². The number of hydrogen-bond donors (Lipinski definition) is 2. The molecule has 3 rings (SSSR count). The molecular weight excluding hydrogens is 339 g/mol. The highest BCUT2D eigenvalue weighted by Crippen LogP contribution is 2.38. The average Bonchev–Trinajstić information content (AvgIpc) is 2.94. The van der Waals surface area contributed by atoms with E-state index in [1.807, 2.05) is 18.2 Å². The van der Waals surface area contributed by atoms with Crippen molar-refractivity contribution in [2.24, 2.45) is 5.84 Å². The normalized spacial score (nSPS) is 13.0. The predicted molar refractivity (Wildman–Crippen MR) is 84.7 cm³/mol. The minimum Gasteiger partial charge on any atom is -0.459 e. The molecule has 0 bridgehead atoms. The zero-order chi connectivity index (χ0) is 14.3. The lowest BCUT2D eigenvalue weighted by atomic mass is 10.1. The molecule has 0 saturated heterocycles. The maximum Gasteiger partial charge on any atom is 0.134 e. The second-order valence-corrected chi connectivity index (χ2v) is 6.93. The van der Waals surface area contributed by atoms with E-state index in [9.17, 15) is 0 Å². The van der Waals surface area contributed by atoms with Crippen LogP contribution in [0, 0.1) is 0 Å². The standard InChI is InChI=1S/C13H9Cl3N2OS/c14-7-1-2-9-6(3-7)4-10(19-9)12(18-17)8-5-11(15)20-13(8)16/h1-5,12,18H,17H2. The van der Waals surface area contributed by atoms with Gasteiger partial charge in [0.15, 0.2) is 0 Å². The summed E-state index contributed by atoms with van der Waals surface area (Å²) in [6, 6.07) is 8.72. The van der Waals surface area contributed by atoms with Gasteiger partial charge in [0.1, 0.15) is 17.4 Å². The molecule has 3 aromatic rings. The first-order valence-electron chi connectivity index (χ1n) is 5.68. The Bertz CT molecular complexity index is 768. The third-order valence-electron chi connectivity index (χ3n) is 2.94. The number of halogens is 3. The Morgan fingerprint density at radius 2 is 1.95 bits per heavy atom. The fourth-order valence-corrected chi connectivity index (χ4v) is 3.76. The first kappa shape index (κ1) is 14.2. The molecule has 1 unspecified atom stereocenters. The van der Waals surface area contributed by atoms with Crippen LogP contribution in [0.1, 0.15) is 17.4 Å². The highest BCUT2D eigenvalue weighted by molar-refractivity contribution is 7.20. The van der Waals surface area contributed by atoms with Crippen LogP contribution in [0.3, 0.4) is 0 Å². The SMILES string of the molecule is NNC(c1cc2cc(Cl)ccc2o1)c1cc(Cl)sc1Cl. The second-order valence-electron chi connectivity index (χ2n) is 4.21. The molecule has 20 heavy (non-hydrogen) atoms. The molecule has 3 nitrogen and oxygen atoms in total. The first-order valence-corrected chi connectivity index (χ1v) is 7.63. The predicted octanol–water partition coefficient (Wildman–Crippen LogP) is 5.01. The van der Waals surface area contributed by atoms with Crippen molar-refractivity contribution in [1.29, 1.82) is 0 Å². The summed E-state index contributed by atoms with van der Waals surface area (Å²) in [5.41, 5.74) is 4.23. The fraction of sp³-hybridized carbons (Fsp3) is 0.0769. The summed E-state index contributed by atoms with van der Waals surface area (Å²) >= 11 is 19.4. The lowest BCUT2D eigenvalue weighted by Gasteiger charge is -2.12. The molecule has 7 heteroatoms. The van der Waals surface area contributed by atoms with Gasteiger partial charge in [0.25, 0.3) is 0 Å². The third kappa shape index (κ3) is 2.55. The molecular formula is C13H9Cl3N2OS. The largest absolute Gasteiger partial charge is 0.459 e. The molecule has 2 heterocycles. The lowest BCUT2D eigenvalue weighted by Crippen LogP contribution is -2.28. The number of rotatable bonds is 3. The number of thiophene rings is 1. The van der Waals surface area contributed by atoms with Crippen LogP contribution >= 0.6 is 46.1 Å². The second kappa shape index (κ2) is 5.56. The Hall–Kier alpha value is -0.750. The van der Waals surface area contributed by atoms with Crippen LogP contribution in [0.25, 0.3) is 11.0 Å². The summed E-state index contributed by atoms with van der Waals surface area (Å²) in [5, 5.41) is 1.56. The van der Waals surface area contributed by atoms with E-state index in [1.54, 1.807) is 12.1 Å². The summed E-state index contributed by atoms with van der Waals surface area (Å²) in [7, 11) is 0. The first-order chi connectivity index (χ1) is 9.58. The fourth-order valence-electron chi connectivity index (χ4n) is 2.05. The highest BCUT2D eigenvalue weighted by atomic mass is 35.5. The molecule has 0 saturated carbocycles. The van der Waals surface area contributed by atoms with E-state index in [0.717, 1.165) is 16.5 Å². The highest BCUT2D eigenvalue weighted by Gasteiger charge is 2.22. The average molecular weight is 348 g/mol. The number of nitrogens with one attached hydrogen (secondary N) is 1. The topological polar surface area (TPSA) is 51.2 Å². The van der Waals surface area contributed by atoms with Gasteiger partial charge in [-0.2, -0.15) is 0 Å². The monoisotopic (exact) mass is 346 g/mol.